The van der Waals surface area contributed by atoms with Crippen LogP contribution in [-0.2, 0) is 0 Å². The quantitative estimate of drug-likeness (QED) is 0.747. The normalized spacial score (nSPS) is 16.0. The highest BCUT2D eigenvalue weighted by Crippen LogP contribution is 2.25. The highest BCUT2D eigenvalue weighted by atomic mass is 16.5. The standard InChI is InChI=1S/C18H27NO2/c1-4-10-21-18-12-15(3)14(2)11-16(18)17(20)13-19-8-6-5-7-9-19/h11-12H,4-10,13H2,1-3H3. The first-order valence-electron chi connectivity index (χ1n) is 8.11. The molecule has 2 rings (SSSR count). The second kappa shape index (κ2) is 7.60. The molecule has 21 heavy (non-hydrogen) atoms. The van der Waals surface area contributed by atoms with Crippen LogP contribution in [0.15, 0.2) is 12.1 Å². The molecule has 1 aliphatic rings. The van der Waals surface area contributed by atoms with E-state index in [1.165, 1.54) is 24.8 Å². The van der Waals surface area contributed by atoms with E-state index in [4.69, 9.17) is 4.74 Å². The molecule has 1 saturated heterocycles. The first-order valence-corrected chi connectivity index (χ1v) is 8.11. The van der Waals surface area contributed by atoms with Gasteiger partial charge in [-0.25, -0.2) is 0 Å². The van der Waals surface area contributed by atoms with E-state index in [0.717, 1.165) is 36.4 Å². The number of likely N-dealkylation sites (tertiary alicyclic amines) is 1. The van der Waals surface area contributed by atoms with Crippen LogP contribution < -0.4 is 4.74 Å². The average Bonchev–Trinajstić information content (AvgIpc) is 2.49. The minimum Gasteiger partial charge on any atom is -0.493 e. The minimum atomic E-state index is 0.186. The number of Topliss-reactive ketones (excluding diaryl/α,β-unsaturated/α-hetero) is 1. The number of aryl methyl sites for hydroxylation is 2. The van der Waals surface area contributed by atoms with E-state index in [-0.39, 0.29) is 5.78 Å². The average molecular weight is 289 g/mol. The second-order valence-electron chi connectivity index (χ2n) is 6.04. The topological polar surface area (TPSA) is 29.5 Å². The van der Waals surface area contributed by atoms with Crippen molar-refractivity contribution in [3.05, 3.63) is 28.8 Å². The van der Waals surface area contributed by atoms with Gasteiger partial charge in [-0.15, -0.1) is 0 Å². The molecule has 0 aromatic heterocycles. The molecule has 0 unspecified atom stereocenters. The third-order valence-electron chi connectivity index (χ3n) is 4.17. The molecule has 116 valence electrons. The monoisotopic (exact) mass is 289 g/mol. The fourth-order valence-electron chi connectivity index (χ4n) is 2.74. The van der Waals surface area contributed by atoms with E-state index in [1.54, 1.807) is 0 Å². The van der Waals surface area contributed by atoms with Crippen LogP contribution in [0.2, 0.25) is 0 Å². The van der Waals surface area contributed by atoms with E-state index in [0.29, 0.717) is 13.2 Å². The van der Waals surface area contributed by atoms with Crippen molar-refractivity contribution >= 4 is 5.78 Å². The van der Waals surface area contributed by atoms with Crippen LogP contribution in [0, 0.1) is 13.8 Å². The number of nitrogens with zero attached hydrogens (tertiary/aromatic N) is 1. The van der Waals surface area contributed by atoms with Crippen LogP contribution in [0.1, 0.15) is 54.1 Å². The van der Waals surface area contributed by atoms with Crippen LogP contribution in [0.3, 0.4) is 0 Å². The molecule has 0 saturated carbocycles. The Balaban J connectivity index is 2.15. The highest BCUT2D eigenvalue weighted by molar-refractivity contribution is 6.00. The van der Waals surface area contributed by atoms with Gasteiger partial charge in [0.1, 0.15) is 5.75 Å². The number of hydrogen-bond acceptors (Lipinski definition) is 3. The van der Waals surface area contributed by atoms with Crippen LogP contribution in [0.25, 0.3) is 0 Å². The fraction of sp³-hybridized carbons (Fsp3) is 0.611. The molecule has 1 fully saturated rings. The molecule has 0 spiro atoms. The predicted octanol–water partition coefficient (Wildman–Crippen LogP) is 3.76. The molecule has 0 aliphatic carbocycles. The van der Waals surface area contributed by atoms with Crippen LogP contribution in [-0.4, -0.2) is 36.9 Å². The summed E-state index contributed by atoms with van der Waals surface area (Å²) in [5.74, 6) is 0.938. The summed E-state index contributed by atoms with van der Waals surface area (Å²) in [6.07, 6.45) is 4.66. The third kappa shape index (κ3) is 4.31. The summed E-state index contributed by atoms with van der Waals surface area (Å²) in [7, 11) is 0. The second-order valence-corrected chi connectivity index (χ2v) is 6.04. The van der Waals surface area contributed by atoms with Gasteiger partial charge in [0.2, 0.25) is 0 Å². The first-order chi connectivity index (χ1) is 10.1. The third-order valence-corrected chi connectivity index (χ3v) is 4.17. The summed E-state index contributed by atoms with van der Waals surface area (Å²) in [4.78, 5) is 14.9. The molecule has 0 bridgehead atoms. The van der Waals surface area contributed by atoms with Gasteiger partial charge in [-0.3, -0.25) is 9.69 Å². The molecule has 1 aromatic rings. The molecule has 0 amide bonds. The smallest absolute Gasteiger partial charge is 0.180 e. The van der Waals surface area contributed by atoms with E-state index < -0.39 is 0 Å². The van der Waals surface area contributed by atoms with Crippen molar-refractivity contribution in [1.82, 2.24) is 4.90 Å². The summed E-state index contributed by atoms with van der Waals surface area (Å²) in [5.41, 5.74) is 3.08. The predicted molar refractivity (Wildman–Crippen MR) is 86.3 cm³/mol. The van der Waals surface area contributed by atoms with Crippen molar-refractivity contribution in [3.8, 4) is 5.75 Å². The summed E-state index contributed by atoms with van der Waals surface area (Å²) < 4.78 is 5.79. The summed E-state index contributed by atoms with van der Waals surface area (Å²) in [6.45, 7) is 9.46. The molecule has 0 N–H and O–H groups in total. The lowest BCUT2D eigenvalue weighted by molar-refractivity contribution is 0.0911. The van der Waals surface area contributed by atoms with Crippen molar-refractivity contribution in [2.45, 2.75) is 46.5 Å². The van der Waals surface area contributed by atoms with Gasteiger partial charge in [-0.05, 0) is 69.5 Å². The molecule has 1 aliphatic heterocycles. The Hall–Kier alpha value is -1.35. The number of benzene rings is 1. The van der Waals surface area contributed by atoms with E-state index in [2.05, 4.69) is 25.7 Å². The summed E-state index contributed by atoms with van der Waals surface area (Å²) in [5, 5.41) is 0. The van der Waals surface area contributed by atoms with Crippen molar-refractivity contribution in [3.63, 3.8) is 0 Å². The lowest BCUT2D eigenvalue weighted by Crippen LogP contribution is -2.34. The van der Waals surface area contributed by atoms with E-state index in [1.807, 2.05) is 12.1 Å². The Labute approximate surface area is 128 Å². The Morgan fingerprint density at radius 1 is 1.14 bits per heavy atom. The van der Waals surface area contributed by atoms with Gasteiger partial charge in [-0.1, -0.05) is 13.3 Å². The summed E-state index contributed by atoms with van der Waals surface area (Å²) >= 11 is 0. The lowest BCUT2D eigenvalue weighted by atomic mass is 10.0. The molecule has 0 atom stereocenters. The first kappa shape index (κ1) is 16.0. The maximum absolute atomic E-state index is 12.6. The van der Waals surface area contributed by atoms with Gasteiger partial charge in [0.05, 0.1) is 18.7 Å². The number of rotatable bonds is 6. The summed E-state index contributed by atoms with van der Waals surface area (Å²) in [6, 6.07) is 4.00. The molecular formula is C18H27NO2. The fourth-order valence-corrected chi connectivity index (χ4v) is 2.74. The van der Waals surface area contributed by atoms with Crippen LogP contribution in [0.4, 0.5) is 0 Å². The zero-order valence-electron chi connectivity index (χ0n) is 13.6. The zero-order valence-corrected chi connectivity index (χ0v) is 13.6. The molecule has 0 radical (unpaired) electrons. The van der Waals surface area contributed by atoms with Gasteiger partial charge < -0.3 is 4.74 Å². The number of ketones is 1. The molecule has 3 heteroatoms. The largest absolute Gasteiger partial charge is 0.493 e. The maximum Gasteiger partial charge on any atom is 0.180 e. The Morgan fingerprint density at radius 2 is 1.81 bits per heavy atom. The number of carbonyl (C=O) groups is 1. The van der Waals surface area contributed by atoms with Crippen molar-refractivity contribution in [1.29, 1.82) is 0 Å². The van der Waals surface area contributed by atoms with Crippen LogP contribution >= 0.6 is 0 Å². The van der Waals surface area contributed by atoms with Crippen molar-refractivity contribution in [2.75, 3.05) is 26.2 Å². The molecular weight excluding hydrogens is 262 g/mol. The highest BCUT2D eigenvalue weighted by Gasteiger charge is 2.19. The van der Waals surface area contributed by atoms with Crippen molar-refractivity contribution < 1.29 is 9.53 Å². The lowest BCUT2D eigenvalue weighted by Gasteiger charge is -2.26. The molecule has 3 nitrogen and oxygen atoms in total. The number of piperidine rings is 1. The number of hydrogen-bond donors (Lipinski definition) is 0. The number of ether oxygens (including phenoxy) is 1. The number of carbonyl (C=O) groups excluding carboxylic acids is 1. The molecule has 1 aromatic carbocycles. The van der Waals surface area contributed by atoms with E-state index >= 15 is 0 Å². The van der Waals surface area contributed by atoms with Gasteiger partial charge in [-0.2, -0.15) is 0 Å². The van der Waals surface area contributed by atoms with Gasteiger partial charge in [0.15, 0.2) is 5.78 Å². The molecule has 1 heterocycles. The zero-order chi connectivity index (χ0) is 15.2. The SMILES string of the molecule is CCCOc1cc(C)c(C)cc1C(=O)CN1CCCCC1. The van der Waals surface area contributed by atoms with Gasteiger partial charge in [0.25, 0.3) is 0 Å². The maximum atomic E-state index is 12.6. The Morgan fingerprint density at radius 3 is 2.48 bits per heavy atom. The van der Waals surface area contributed by atoms with Crippen LogP contribution in [0.5, 0.6) is 5.75 Å². The van der Waals surface area contributed by atoms with Crippen molar-refractivity contribution in [2.24, 2.45) is 0 Å². The van der Waals surface area contributed by atoms with Gasteiger partial charge in [0, 0.05) is 0 Å². The Bertz CT molecular complexity index is 490. The van der Waals surface area contributed by atoms with E-state index in [9.17, 15) is 4.79 Å². The van der Waals surface area contributed by atoms with Gasteiger partial charge >= 0.3 is 0 Å². The Kier molecular flexibility index (Phi) is 5.80. The minimum absolute atomic E-state index is 0.186.